The van der Waals surface area contributed by atoms with Gasteiger partial charge in [-0.25, -0.2) is 4.79 Å². The van der Waals surface area contributed by atoms with Crippen molar-refractivity contribution in [1.29, 1.82) is 0 Å². The lowest BCUT2D eigenvalue weighted by atomic mass is 10.0. The molecule has 1 atom stereocenters. The number of alkyl halides is 3. The molecular weight excluding hydrogens is 285 g/mol. The van der Waals surface area contributed by atoms with Crippen LogP contribution in [0.25, 0.3) is 0 Å². The Hall–Kier alpha value is -1.42. The number of nitrogens with one attached hydrogen (secondary N) is 2. The van der Waals surface area contributed by atoms with Crippen molar-refractivity contribution in [2.45, 2.75) is 25.6 Å². The maximum atomic E-state index is 12.8. The van der Waals surface area contributed by atoms with Crippen molar-refractivity contribution in [3.8, 4) is 0 Å². The largest absolute Gasteiger partial charge is 0.413 e. The molecule has 108 valence electrons. The third kappa shape index (κ3) is 4.03. The van der Waals surface area contributed by atoms with E-state index in [9.17, 15) is 18.0 Å². The number of aromatic nitrogens is 2. The standard InChI is InChI=1S/C9H13F3N4O2S/c1-5-15-16-7(19-5)13-6(17)14-8(2,4-18-3)9(10,11)12/h4H2,1-3H3,(H2,13,14,16,17). The number of urea groups is 1. The molecule has 0 bridgehead atoms. The van der Waals surface area contributed by atoms with Gasteiger partial charge in [0.2, 0.25) is 5.13 Å². The van der Waals surface area contributed by atoms with E-state index in [0.29, 0.717) is 5.01 Å². The highest BCUT2D eigenvalue weighted by molar-refractivity contribution is 7.15. The number of amides is 2. The molecule has 0 spiro atoms. The minimum atomic E-state index is -4.64. The average Bonchev–Trinajstić information content (AvgIpc) is 2.62. The zero-order chi connectivity index (χ0) is 14.7. The fourth-order valence-electron chi connectivity index (χ4n) is 1.20. The Bertz CT molecular complexity index is 451. The summed E-state index contributed by atoms with van der Waals surface area (Å²) < 4.78 is 43.0. The molecule has 1 rings (SSSR count). The van der Waals surface area contributed by atoms with Crippen LogP contribution in [0.15, 0.2) is 0 Å². The van der Waals surface area contributed by atoms with Crippen molar-refractivity contribution in [2.75, 3.05) is 19.0 Å². The van der Waals surface area contributed by atoms with Gasteiger partial charge in [-0.15, -0.1) is 10.2 Å². The summed E-state index contributed by atoms with van der Waals surface area (Å²) in [7, 11) is 1.12. The number of aryl methyl sites for hydroxylation is 1. The molecule has 0 aliphatic carbocycles. The molecule has 10 heteroatoms. The highest BCUT2D eigenvalue weighted by atomic mass is 32.1. The van der Waals surface area contributed by atoms with Gasteiger partial charge in [-0.05, 0) is 13.8 Å². The van der Waals surface area contributed by atoms with Gasteiger partial charge in [0.15, 0.2) is 5.54 Å². The Morgan fingerprint density at radius 1 is 1.42 bits per heavy atom. The maximum Gasteiger partial charge on any atom is 0.413 e. The highest BCUT2D eigenvalue weighted by Crippen LogP contribution is 2.30. The van der Waals surface area contributed by atoms with E-state index in [4.69, 9.17) is 0 Å². The van der Waals surface area contributed by atoms with E-state index in [1.165, 1.54) is 0 Å². The predicted molar refractivity (Wildman–Crippen MR) is 63.1 cm³/mol. The van der Waals surface area contributed by atoms with E-state index >= 15 is 0 Å². The molecule has 1 unspecified atom stereocenters. The molecule has 0 fully saturated rings. The Labute approximate surface area is 111 Å². The molecular formula is C9H13F3N4O2S. The molecule has 0 aromatic carbocycles. The number of ether oxygens (including phenoxy) is 1. The summed E-state index contributed by atoms with van der Waals surface area (Å²) in [5.74, 6) is 0. The first-order chi connectivity index (χ1) is 8.68. The fraction of sp³-hybridized carbons (Fsp3) is 0.667. The van der Waals surface area contributed by atoms with E-state index < -0.39 is 24.4 Å². The van der Waals surface area contributed by atoms with Crippen LogP contribution in [0.2, 0.25) is 0 Å². The second-order valence-corrected chi connectivity index (χ2v) is 5.15. The second kappa shape index (κ2) is 5.70. The fourth-order valence-corrected chi connectivity index (χ4v) is 1.79. The number of hydrogen-bond acceptors (Lipinski definition) is 5. The lowest BCUT2D eigenvalue weighted by Crippen LogP contribution is -2.60. The van der Waals surface area contributed by atoms with Gasteiger partial charge in [0.05, 0.1) is 6.61 Å². The van der Waals surface area contributed by atoms with Gasteiger partial charge in [-0.3, -0.25) is 5.32 Å². The van der Waals surface area contributed by atoms with Crippen molar-refractivity contribution in [2.24, 2.45) is 0 Å². The number of carbonyl (C=O) groups is 1. The molecule has 2 amide bonds. The van der Waals surface area contributed by atoms with Gasteiger partial charge < -0.3 is 10.1 Å². The molecule has 2 N–H and O–H groups in total. The molecule has 0 saturated heterocycles. The molecule has 0 saturated carbocycles. The van der Waals surface area contributed by atoms with Crippen LogP contribution in [-0.4, -0.2) is 41.7 Å². The zero-order valence-electron chi connectivity index (χ0n) is 10.5. The van der Waals surface area contributed by atoms with Crippen molar-refractivity contribution in [1.82, 2.24) is 15.5 Å². The summed E-state index contributed by atoms with van der Waals surface area (Å²) >= 11 is 1.06. The molecule has 0 radical (unpaired) electrons. The van der Waals surface area contributed by atoms with Crippen LogP contribution < -0.4 is 10.6 Å². The molecule has 0 aliphatic heterocycles. The van der Waals surface area contributed by atoms with E-state index in [2.05, 4.69) is 20.3 Å². The quantitative estimate of drug-likeness (QED) is 0.890. The van der Waals surface area contributed by atoms with E-state index in [1.807, 2.05) is 5.32 Å². The average molecular weight is 298 g/mol. The number of anilines is 1. The molecule has 1 aromatic rings. The molecule has 6 nitrogen and oxygen atoms in total. The lowest BCUT2D eigenvalue weighted by molar-refractivity contribution is -0.199. The van der Waals surface area contributed by atoms with Crippen LogP contribution in [0.5, 0.6) is 0 Å². The van der Waals surface area contributed by atoms with Crippen LogP contribution >= 0.6 is 11.3 Å². The summed E-state index contributed by atoms with van der Waals surface area (Å²) in [6, 6.07) is -1.02. The van der Waals surface area contributed by atoms with Crippen molar-refractivity contribution < 1.29 is 22.7 Å². The molecule has 1 aromatic heterocycles. The summed E-state index contributed by atoms with van der Waals surface area (Å²) in [5.41, 5.74) is -2.48. The summed E-state index contributed by atoms with van der Waals surface area (Å²) in [4.78, 5) is 11.5. The number of methoxy groups -OCH3 is 1. The topological polar surface area (TPSA) is 76.1 Å². The molecule has 0 aliphatic rings. The Kier molecular flexibility index (Phi) is 4.69. The van der Waals surface area contributed by atoms with Crippen LogP contribution in [0.4, 0.5) is 23.1 Å². The second-order valence-electron chi connectivity index (χ2n) is 3.97. The minimum Gasteiger partial charge on any atom is -0.382 e. The van der Waals surface area contributed by atoms with Crippen LogP contribution in [-0.2, 0) is 4.74 Å². The normalized spacial score (nSPS) is 14.8. The third-order valence-electron chi connectivity index (χ3n) is 2.19. The number of nitrogens with zero attached hydrogens (tertiary/aromatic N) is 2. The van der Waals surface area contributed by atoms with Crippen LogP contribution in [0.3, 0.4) is 0 Å². The van der Waals surface area contributed by atoms with Gasteiger partial charge in [0, 0.05) is 7.11 Å². The van der Waals surface area contributed by atoms with Crippen molar-refractivity contribution >= 4 is 22.5 Å². The Balaban J connectivity index is 2.72. The number of hydrogen-bond donors (Lipinski definition) is 2. The van der Waals surface area contributed by atoms with E-state index in [0.717, 1.165) is 25.4 Å². The summed E-state index contributed by atoms with van der Waals surface area (Å²) in [6.45, 7) is 1.80. The van der Waals surface area contributed by atoms with E-state index in [-0.39, 0.29) is 5.13 Å². The minimum absolute atomic E-state index is 0.122. The molecule has 1 heterocycles. The predicted octanol–water partition coefficient (Wildman–Crippen LogP) is 1.94. The lowest BCUT2D eigenvalue weighted by Gasteiger charge is -2.31. The first-order valence-electron chi connectivity index (χ1n) is 5.13. The first kappa shape index (κ1) is 15.6. The number of halogens is 3. The number of carbonyl (C=O) groups excluding carboxylic acids is 1. The smallest absolute Gasteiger partial charge is 0.382 e. The number of rotatable bonds is 4. The summed E-state index contributed by atoms with van der Waals surface area (Å²) in [5, 5.41) is 11.9. The Morgan fingerprint density at radius 3 is 2.47 bits per heavy atom. The SMILES string of the molecule is COCC(C)(NC(=O)Nc1nnc(C)s1)C(F)(F)F. The van der Waals surface area contributed by atoms with Crippen LogP contribution in [0, 0.1) is 6.92 Å². The molecule has 19 heavy (non-hydrogen) atoms. The van der Waals surface area contributed by atoms with Gasteiger partial charge >= 0.3 is 12.2 Å². The van der Waals surface area contributed by atoms with Crippen LogP contribution in [0.1, 0.15) is 11.9 Å². The Morgan fingerprint density at radius 2 is 2.05 bits per heavy atom. The third-order valence-corrected chi connectivity index (χ3v) is 2.95. The monoisotopic (exact) mass is 298 g/mol. The van der Waals surface area contributed by atoms with Gasteiger partial charge in [0.25, 0.3) is 0 Å². The maximum absolute atomic E-state index is 12.8. The summed E-state index contributed by atoms with van der Waals surface area (Å²) in [6.07, 6.45) is -4.64. The van der Waals surface area contributed by atoms with Gasteiger partial charge in [0.1, 0.15) is 5.01 Å². The van der Waals surface area contributed by atoms with Gasteiger partial charge in [-0.1, -0.05) is 11.3 Å². The van der Waals surface area contributed by atoms with E-state index in [1.54, 1.807) is 6.92 Å². The van der Waals surface area contributed by atoms with Gasteiger partial charge in [-0.2, -0.15) is 13.2 Å². The van der Waals surface area contributed by atoms with Crippen molar-refractivity contribution in [3.63, 3.8) is 0 Å². The first-order valence-corrected chi connectivity index (χ1v) is 5.94. The zero-order valence-corrected chi connectivity index (χ0v) is 11.3. The highest BCUT2D eigenvalue weighted by Gasteiger charge is 2.52. The van der Waals surface area contributed by atoms with Crippen molar-refractivity contribution in [3.05, 3.63) is 5.01 Å².